The van der Waals surface area contributed by atoms with Gasteiger partial charge in [0.2, 0.25) is 0 Å². The van der Waals surface area contributed by atoms with Crippen molar-refractivity contribution >= 4 is 17.7 Å². The first kappa shape index (κ1) is 15.1. The molecule has 2 bridgehead atoms. The Morgan fingerprint density at radius 1 is 1.26 bits per heavy atom. The second kappa shape index (κ2) is 6.90. The molecule has 0 amide bonds. The number of hydrogen-bond acceptors (Lipinski definition) is 6. The minimum atomic E-state index is -1.02. The van der Waals surface area contributed by atoms with Crippen LogP contribution in [-0.2, 0) is 14.3 Å². The molecule has 3 N–H and O–H groups in total. The summed E-state index contributed by atoms with van der Waals surface area (Å²) < 4.78 is 11.1. The number of fused-ring (bicyclic) bond motifs is 6. The molecule has 3 heterocycles. The van der Waals surface area contributed by atoms with Gasteiger partial charge >= 0.3 is 5.97 Å². The second-order valence-electron chi connectivity index (χ2n) is 4.96. The van der Waals surface area contributed by atoms with Gasteiger partial charge in [-0.2, -0.15) is 0 Å². The fourth-order valence-corrected chi connectivity index (χ4v) is 3.44. The third-order valence-corrected chi connectivity index (χ3v) is 4.59. The van der Waals surface area contributed by atoms with Gasteiger partial charge in [0, 0.05) is 18.3 Å². The number of aliphatic hydroxyl groups excluding tert-OH is 2. The third-order valence-electron chi connectivity index (χ3n) is 3.58. The van der Waals surface area contributed by atoms with E-state index in [0.717, 1.165) is 19.3 Å². The molecular weight excluding hydrogens is 272 g/mol. The highest BCUT2D eigenvalue weighted by Gasteiger charge is 2.44. The summed E-state index contributed by atoms with van der Waals surface area (Å²) in [6.45, 7) is 0.510. The van der Waals surface area contributed by atoms with Crippen molar-refractivity contribution < 1.29 is 29.6 Å². The predicted octanol–water partition coefficient (Wildman–Crippen LogP) is 0.0676. The molecule has 19 heavy (non-hydrogen) atoms. The number of aliphatic hydroxyl groups is 2. The highest BCUT2D eigenvalue weighted by atomic mass is 32.2. The lowest BCUT2D eigenvalue weighted by molar-refractivity contribution is -0.277. The molecule has 7 heteroatoms. The zero-order valence-electron chi connectivity index (χ0n) is 10.6. The van der Waals surface area contributed by atoms with Crippen molar-refractivity contribution in [2.45, 2.75) is 43.9 Å². The molecular formula is C12H20O6S. The molecule has 3 fully saturated rings. The summed E-state index contributed by atoms with van der Waals surface area (Å²) in [6, 6.07) is 0. The Kier molecular flexibility index (Phi) is 5.47. The first-order valence-electron chi connectivity index (χ1n) is 6.52. The van der Waals surface area contributed by atoms with E-state index in [1.165, 1.54) is 11.8 Å². The topological polar surface area (TPSA) is 96.2 Å². The van der Waals surface area contributed by atoms with E-state index in [2.05, 4.69) is 0 Å². The van der Waals surface area contributed by atoms with Gasteiger partial charge in [-0.1, -0.05) is 6.42 Å². The smallest absolute Gasteiger partial charge is 0.313 e. The van der Waals surface area contributed by atoms with Crippen molar-refractivity contribution in [3.8, 4) is 0 Å². The van der Waals surface area contributed by atoms with E-state index in [1.807, 2.05) is 0 Å². The molecule has 0 aromatic heterocycles. The standard InChI is InChI=1S/C12H20O6S/c13-9(14)6-19-5-8-7-3-1-2-4-17-12(18-8)11(16)10(7)15/h7-8,10-12,15-16H,1-6H2,(H,13,14). The molecule has 0 aliphatic carbocycles. The Labute approximate surface area is 116 Å². The van der Waals surface area contributed by atoms with Gasteiger partial charge in [-0.15, -0.1) is 11.8 Å². The first-order chi connectivity index (χ1) is 9.09. The minimum absolute atomic E-state index is 0.0107. The summed E-state index contributed by atoms with van der Waals surface area (Å²) in [4.78, 5) is 10.5. The maximum absolute atomic E-state index is 10.5. The van der Waals surface area contributed by atoms with E-state index in [9.17, 15) is 15.0 Å². The molecule has 0 aromatic carbocycles. The van der Waals surface area contributed by atoms with Crippen LogP contribution >= 0.6 is 11.8 Å². The third kappa shape index (κ3) is 3.82. The van der Waals surface area contributed by atoms with Gasteiger partial charge in [-0.05, 0) is 12.8 Å². The minimum Gasteiger partial charge on any atom is -0.481 e. The lowest BCUT2D eigenvalue weighted by Gasteiger charge is -2.41. The van der Waals surface area contributed by atoms with Crippen LogP contribution in [-0.4, -0.2) is 64.0 Å². The van der Waals surface area contributed by atoms with Crippen LogP contribution in [0.1, 0.15) is 19.3 Å². The molecule has 5 atom stereocenters. The van der Waals surface area contributed by atoms with Crippen molar-refractivity contribution in [3.63, 3.8) is 0 Å². The van der Waals surface area contributed by atoms with E-state index in [1.54, 1.807) is 0 Å². The quantitative estimate of drug-likeness (QED) is 0.674. The predicted molar refractivity (Wildman–Crippen MR) is 68.9 cm³/mol. The Hall–Kier alpha value is -0.340. The maximum Gasteiger partial charge on any atom is 0.313 e. The van der Waals surface area contributed by atoms with Gasteiger partial charge in [-0.3, -0.25) is 4.79 Å². The van der Waals surface area contributed by atoms with Crippen LogP contribution in [0.4, 0.5) is 0 Å². The zero-order valence-corrected chi connectivity index (χ0v) is 11.4. The number of carboxylic acids is 1. The summed E-state index contributed by atoms with van der Waals surface area (Å²) >= 11 is 1.26. The Balaban J connectivity index is 1.99. The molecule has 0 aromatic rings. The average Bonchev–Trinajstić information content (AvgIpc) is 2.49. The normalized spacial score (nSPS) is 39.4. The van der Waals surface area contributed by atoms with Crippen LogP contribution in [0.5, 0.6) is 0 Å². The van der Waals surface area contributed by atoms with Crippen LogP contribution in [0.25, 0.3) is 0 Å². The number of thioether (sulfide) groups is 1. The number of aliphatic carboxylic acids is 1. The van der Waals surface area contributed by atoms with Gasteiger partial charge in [-0.25, -0.2) is 0 Å². The SMILES string of the molecule is O=C(O)CSCC1OC2OCCCCC1C(O)C2O. The van der Waals surface area contributed by atoms with E-state index in [0.29, 0.717) is 12.4 Å². The van der Waals surface area contributed by atoms with Gasteiger partial charge in [0.25, 0.3) is 0 Å². The molecule has 5 unspecified atom stereocenters. The van der Waals surface area contributed by atoms with Gasteiger partial charge < -0.3 is 24.8 Å². The van der Waals surface area contributed by atoms with Gasteiger partial charge in [0.1, 0.15) is 6.10 Å². The van der Waals surface area contributed by atoms with Crippen LogP contribution < -0.4 is 0 Å². The molecule has 3 saturated heterocycles. The number of rotatable bonds is 4. The van der Waals surface area contributed by atoms with Crippen LogP contribution in [0.15, 0.2) is 0 Å². The lowest BCUT2D eigenvalue weighted by Crippen LogP contribution is -2.55. The Morgan fingerprint density at radius 3 is 2.79 bits per heavy atom. The molecule has 0 radical (unpaired) electrons. The largest absolute Gasteiger partial charge is 0.481 e. The van der Waals surface area contributed by atoms with E-state index in [4.69, 9.17) is 14.6 Å². The summed E-state index contributed by atoms with van der Waals surface area (Å²) in [5, 5.41) is 28.7. The van der Waals surface area contributed by atoms with Crippen LogP contribution in [0, 0.1) is 5.92 Å². The fourth-order valence-electron chi connectivity index (χ4n) is 2.59. The molecule has 0 saturated carbocycles. The summed E-state index contributed by atoms with van der Waals surface area (Å²) in [5.74, 6) is -0.526. The van der Waals surface area contributed by atoms with Gasteiger partial charge in [0.15, 0.2) is 6.29 Å². The molecule has 0 spiro atoms. The Morgan fingerprint density at radius 2 is 2.05 bits per heavy atom. The highest BCUT2D eigenvalue weighted by Crippen LogP contribution is 2.33. The monoisotopic (exact) mass is 292 g/mol. The fraction of sp³-hybridized carbons (Fsp3) is 0.917. The van der Waals surface area contributed by atoms with E-state index < -0.39 is 24.5 Å². The zero-order chi connectivity index (χ0) is 13.8. The summed E-state index contributed by atoms with van der Waals surface area (Å²) in [5.41, 5.74) is 0. The van der Waals surface area contributed by atoms with Crippen molar-refractivity contribution in [2.24, 2.45) is 5.92 Å². The van der Waals surface area contributed by atoms with Gasteiger partial charge in [0.05, 0.1) is 18.0 Å². The van der Waals surface area contributed by atoms with Crippen molar-refractivity contribution in [2.75, 3.05) is 18.1 Å². The maximum atomic E-state index is 10.5. The number of ether oxygens (including phenoxy) is 2. The average molecular weight is 292 g/mol. The molecule has 3 aliphatic heterocycles. The molecule has 6 nitrogen and oxygen atoms in total. The first-order valence-corrected chi connectivity index (χ1v) is 7.68. The second-order valence-corrected chi connectivity index (χ2v) is 5.99. The number of carboxylic acid groups (broad SMARTS) is 1. The summed E-state index contributed by atoms with van der Waals surface area (Å²) in [7, 11) is 0. The van der Waals surface area contributed by atoms with Crippen LogP contribution in [0.2, 0.25) is 0 Å². The van der Waals surface area contributed by atoms with E-state index >= 15 is 0 Å². The molecule has 110 valence electrons. The lowest BCUT2D eigenvalue weighted by atomic mass is 9.86. The van der Waals surface area contributed by atoms with Crippen molar-refractivity contribution in [1.82, 2.24) is 0 Å². The highest BCUT2D eigenvalue weighted by molar-refractivity contribution is 7.99. The Bertz CT molecular complexity index is 311. The molecule has 3 rings (SSSR count). The van der Waals surface area contributed by atoms with Crippen LogP contribution in [0.3, 0.4) is 0 Å². The number of hydrogen-bond donors (Lipinski definition) is 3. The summed E-state index contributed by atoms with van der Waals surface area (Å²) in [6.07, 6.45) is -0.427. The van der Waals surface area contributed by atoms with Crippen molar-refractivity contribution in [3.05, 3.63) is 0 Å². The van der Waals surface area contributed by atoms with Crippen molar-refractivity contribution in [1.29, 1.82) is 0 Å². The molecule has 3 aliphatic rings. The van der Waals surface area contributed by atoms with E-state index in [-0.39, 0.29) is 17.8 Å². The number of carbonyl (C=O) groups is 1.